The van der Waals surface area contributed by atoms with Crippen LogP contribution in [0.3, 0.4) is 0 Å². The fraction of sp³-hybridized carbons (Fsp3) is 0.500. The summed E-state index contributed by atoms with van der Waals surface area (Å²) in [6.07, 6.45) is 3.26. The number of aromatic nitrogens is 2. The monoisotopic (exact) mass is 368 g/mol. The van der Waals surface area contributed by atoms with E-state index in [9.17, 15) is 9.59 Å². The molecule has 25 heavy (non-hydrogen) atoms. The summed E-state index contributed by atoms with van der Waals surface area (Å²) < 4.78 is 0. The van der Waals surface area contributed by atoms with Crippen molar-refractivity contribution >= 4 is 41.5 Å². The predicted molar refractivity (Wildman–Crippen MR) is 95.9 cm³/mol. The van der Waals surface area contributed by atoms with Crippen LogP contribution >= 0.6 is 11.6 Å². The number of hydrogen-bond acceptors (Lipinski definition) is 6. The highest BCUT2D eigenvalue weighted by Gasteiger charge is 2.21. The Morgan fingerprint density at radius 1 is 1.32 bits per heavy atom. The third-order valence-corrected chi connectivity index (χ3v) is 3.69. The summed E-state index contributed by atoms with van der Waals surface area (Å²) in [7, 11) is 0. The van der Waals surface area contributed by atoms with Crippen molar-refractivity contribution in [2.24, 2.45) is 4.99 Å². The molecule has 0 aliphatic carbocycles. The molecule has 0 unspecified atom stereocenters. The number of carbonyl (C=O) groups excluding carboxylic acids is 2. The molecular formula is C14H21ClN8O2. The molecule has 1 aromatic heterocycles. The van der Waals surface area contributed by atoms with Gasteiger partial charge in [0.1, 0.15) is 0 Å². The van der Waals surface area contributed by atoms with Gasteiger partial charge in [-0.1, -0.05) is 11.6 Å². The van der Waals surface area contributed by atoms with Crippen LogP contribution in [0.1, 0.15) is 30.3 Å². The lowest BCUT2D eigenvalue weighted by molar-refractivity contribution is 0.0999. The van der Waals surface area contributed by atoms with Crippen LogP contribution in [0.4, 0.5) is 16.4 Å². The molecular weight excluding hydrogens is 348 g/mol. The van der Waals surface area contributed by atoms with Gasteiger partial charge >= 0.3 is 11.9 Å². The molecule has 0 aromatic carbocycles. The molecule has 11 heteroatoms. The molecule has 5 N–H and O–H groups in total. The van der Waals surface area contributed by atoms with Gasteiger partial charge in [-0.2, -0.15) is 4.99 Å². The van der Waals surface area contributed by atoms with Gasteiger partial charge in [0.05, 0.1) is 13.0 Å². The maximum Gasteiger partial charge on any atom is 0.316 e. The van der Waals surface area contributed by atoms with Crippen LogP contribution in [0.15, 0.2) is 4.99 Å². The highest BCUT2D eigenvalue weighted by molar-refractivity contribution is 6.32. The van der Waals surface area contributed by atoms with Crippen LogP contribution in [0, 0.1) is 0 Å². The third-order valence-electron chi connectivity index (χ3n) is 3.43. The lowest BCUT2D eigenvalue weighted by Gasteiger charge is -2.17. The molecule has 1 aromatic rings. The first-order chi connectivity index (χ1) is 12.0. The average molecular weight is 369 g/mol. The molecule has 136 valence electrons. The van der Waals surface area contributed by atoms with E-state index in [0.29, 0.717) is 12.4 Å². The van der Waals surface area contributed by atoms with Crippen LogP contribution in [-0.4, -0.2) is 54.5 Å². The van der Waals surface area contributed by atoms with Crippen molar-refractivity contribution in [2.75, 3.05) is 36.9 Å². The summed E-state index contributed by atoms with van der Waals surface area (Å²) in [6, 6.07) is -0.325. The first-order valence-electron chi connectivity index (χ1n) is 7.92. The lowest BCUT2D eigenvalue weighted by atomic mass is 10.4. The van der Waals surface area contributed by atoms with E-state index >= 15 is 0 Å². The number of nitrogens with zero attached hydrogens (tertiary/aromatic N) is 4. The molecule has 0 saturated carbocycles. The number of halogens is 1. The average Bonchev–Trinajstić information content (AvgIpc) is 3.10. The van der Waals surface area contributed by atoms with E-state index in [1.807, 2.05) is 4.90 Å². The number of nitrogens with two attached hydrogens (primary N) is 1. The molecule has 0 atom stereocenters. The normalized spacial score (nSPS) is 13.9. The summed E-state index contributed by atoms with van der Waals surface area (Å²) >= 11 is 6.13. The van der Waals surface area contributed by atoms with E-state index < -0.39 is 5.91 Å². The van der Waals surface area contributed by atoms with Gasteiger partial charge in [-0.25, -0.2) is 14.8 Å². The number of anilines is 2. The summed E-state index contributed by atoms with van der Waals surface area (Å²) in [5.74, 6) is -0.208. The fourth-order valence-electron chi connectivity index (χ4n) is 2.27. The summed E-state index contributed by atoms with van der Waals surface area (Å²) in [5, 5.41) is 7.85. The highest BCUT2D eigenvalue weighted by Crippen LogP contribution is 2.27. The second-order valence-electron chi connectivity index (χ2n) is 5.25. The summed E-state index contributed by atoms with van der Waals surface area (Å²) in [5.41, 5.74) is 5.71. The van der Waals surface area contributed by atoms with E-state index in [1.54, 1.807) is 6.92 Å². The molecule has 2 heterocycles. The SMILES string of the molecule is CCNC(=O)NCNC=NC(=O)c1nc(Cl)c(N2CCCC2)nc1N. The highest BCUT2D eigenvalue weighted by atomic mass is 35.5. The quantitative estimate of drug-likeness (QED) is 0.246. The maximum atomic E-state index is 12.1. The van der Waals surface area contributed by atoms with Crippen molar-refractivity contribution in [1.29, 1.82) is 0 Å². The zero-order valence-electron chi connectivity index (χ0n) is 13.9. The molecule has 3 amide bonds. The van der Waals surface area contributed by atoms with Gasteiger partial charge in [0.25, 0.3) is 0 Å². The number of rotatable bonds is 6. The Bertz CT molecular complexity index is 660. The van der Waals surface area contributed by atoms with E-state index in [4.69, 9.17) is 17.3 Å². The Balaban J connectivity index is 1.93. The molecule has 0 spiro atoms. The lowest BCUT2D eigenvalue weighted by Crippen LogP contribution is -2.40. The molecule has 1 fully saturated rings. The predicted octanol–water partition coefficient (Wildman–Crippen LogP) is 0.347. The Hall–Kier alpha value is -2.62. The van der Waals surface area contributed by atoms with Crippen LogP contribution < -0.4 is 26.6 Å². The Morgan fingerprint density at radius 2 is 2.04 bits per heavy atom. The standard InChI is InChI=1S/C14H21ClN8O2/c1-2-18-14(25)20-8-17-7-19-13(24)9-11(16)22-12(10(15)21-9)23-5-3-4-6-23/h7H,2-6,8H2,1H3,(H2,16,22)(H,17,19,24)(H2,18,20,25). The minimum atomic E-state index is -0.676. The van der Waals surface area contributed by atoms with Gasteiger partial charge in [0, 0.05) is 19.6 Å². The molecule has 10 nitrogen and oxygen atoms in total. The second-order valence-corrected chi connectivity index (χ2v) is 5.60. The Labute approximate surface area is 150 Å². The van der Waals surface area contributed by atoms with Gasteiger partial charge in [0.2, 0.25) is 0 Å². The number of aliphatic imine (C=N–C) groups is 1. The Morgan fingerprint density at radius 3 is 2.72 bits per heavy atom. The largest absolute Gasteiger partial charge is 0.382 e. The third kappa shape index (κ3) is 5.18. The number of urea groups is 1. The van der Waals surface area contributed by atoms with E-state index in [-0.39, 0.29) is 29.4 Å². The zero-order valence-corrected chi connectivity index (χ0v) is 14.6. The van der Waals surface area contributed by atoms with Crippen molar-refractivity contribution in [3.05, 3.63) is 10.8 Å². The second kappa shape index (κ2) is 9.02. The van der Waals surface area contributed by atoms with Crippen molar-refractivity contribution < 1.29 is 9.59 Å². The van der Waals surface area contributed by atoms with Crippen molar-refractivity contribution in [2.45, 2.75) is 19.8 Å². The van der Waals surface area contributed by atoms with Crippen molar-refractivity contribution in [1.82, 2.24) is 25.9 Å². The zero-order chi connectivity index (χ0) is 18.2. The van der Waals surface area contributed by atoms with Crippen LogP contribution in [0.5, 0.6) is 0 Å². The topological polar surface area (TPSA) is 138 Å². The summed E-state index contributed by atoms with van der Waals surface area (Å²) in [6.45, 7) is 4.10. The van der Waals surface area contributed by atoms with Crippen molar-refractivity contribution in [3.8, 4) is 0 Å². The molecule has 0 bridgehead atoms. The molecule has 1 saturated heterocycles. The number of carbonyl (C=O) groups is 2. The van der Waals surface area contributed by atoms with Gasteiger partial charge in [-0.15, -0.1) is 0 Å². The first-order valence-corrected chi connectivity index (χ1v) is 8.30. The van der Waals surface area contributed by atoms with Gasteiger partial charge in [-0.05, 0) is 19.8 Å². The minimum absolute atomic E-state index is 0.0195. The minimum Gasteiger partial charge on any atom is -0.382 e. The summed E-state index contributed by atoms with van der Waals surface area (Å²) in [4.78, 5) is 37.1. The first kappa shape index (κ1) is 18.7. The molecule has 1 aliphatic rings. The molecule has 0 radical (unpaired) electrons. The Kier molecular flexibility index (Phi) is 6.75. The number of nitrogens with one attached hydrogen (secondary N) is 3. The van der Waals surface area contributed by atoms with E-state index in [1.165, 1.54) is 0 Å². The van der Waals surface area contributed by atoms with Gasteiger partial charge in [0.15, 0.2) is 22.5 Å². The van der Waals surface area contributed by atoms with Crippen molar-refractivity contribution in [3.63, 3.8) is 0 Å². The molecule has 2 rings (SSSR count). The van der Waals surface area contributed by atoms with Crippen LogP contribution in [-0.2, 0) is 0 Å². The number of nitrogen functional groups attached to an aromatic ring is 1. The number of amides is 3. The smallest absolute Gasteiger partial charge is 0.316 e. The molecule has 1 aliphatic heterocycles. The maximum absolute atomic E-state index is 12.1. The number of hydrogen-bond donors (Lipinski definition) is 4. The van der Waals surface area contributed by atoms with Gasteiger partial charge < -0.3 is 26.6 Å². The van der Waals surface area contributed by atoms with E-state index in [2.05, 4.69) is 30.9 Å². The van der Waals surface area contributed by atoms with Crippen LogP contribution in [0.2, 0.25) is 5.15 Å². The van der Waals surface area contributed by atoms with E-state index in [0.717, 1.165) is 32.3 Å². The fourth-order valence-corrected chi connectivity index (χ4v) is 2.52. The van der Waals surface area contributed by atoms with Crippen LogP contribution in [0.25, 0.3) is 0 Å². The van der Waals surface area contributed by atoms with Gasteiger partial charge in [-0.3, -0.25) is 4.79 Å².